The summed E-state index contributed by atoms with van der Waals surface area (Å²) in [7, 11) is 1.58. The van der Waals surface area contributed by atoms with Crippen molar-refractivity contribution in [3.8, 4) is 5.75 Å². The molecule has 0 saturated heterocycles. The fraction of sp³-hybridized carbons (Fsp3) is 0.200. The first-order valence-electron chi connectivity index (χ1n) is 4.30. The Morgan fingerprint density at radius 2 is 2.36 bits per heavy atom. The second kappa shape index (κ2) is 3.49. The van der Waals surface area contributed by atoms with Gasteiger partial charge >= 0.3 is 0 Å². The van der Waals surface area contributed by atoms with Gasteiger partial charge < -0.3 is 4.74 Å². The normalized spacial score (nSPS) is 14.2. The molecule has 72 valence electrons. The lowest BCUT2D eigenvalue weighted by atomic mass is 10.0. The summed E-state index contributed by atoms with van der Waals surface area (Å²) in [4.78, 5) is 11.5. The Labute approximate surface area is 81.6 Å². The lowest BCUT2D eigenvalue weighted by Gasteiger charge is -2.05. The van der Waals surface area contributed by atoms with Crippen LogP contribution in [0.5, 0.6) is 5.75 Å². The molecule has 0 spiro atoms. The number of nitrogens with zero attached hydrogens (tertiary/aromatic N) is 1. The Kier molecular flexibility index (Phi) is 2.18. The Hall–Kier alpha value is -1.84. The quantitative estimate of drug-likeness (QED) is 0.717. The summed E-state index contributed by atoms with van der Waals surface area (Å²) in [5, 5.41) is 3.76. The molecule has 1 N–H and O–H groups in total. The molecule has 2 rings (SSSR count). The van der Waals surface area contributed by atoms with E-state index in [9.17, 15) is 4.79 Å². The second-order valence-electron chi connectivity index (χ2n) is 2.98. The van der Waals surface area contributed by atoms with E-state index in [1.54, 1.807) is 19.4 Å². The van der Waals surface area contributed by atoms with Gasteiger partial charge in [0.05, 0.1) is 7.11 Å². The minimum atomic E-state index is -0.187. The maximum atomic E-state index is 11.5. The summed E-state index contributed by atoms with van der Waals surface area (Å²) < 4.78 is 5.05. The maximum Gasteiger partial charge on any atom is 0.271 e. The van der Waals surface area contributed by atoms with Crippen LogP contribution in [0.1, 0.15) is 15.9 Å². The van der Waals surface area contributed by atoms with E-state index in [1.165, 1.54) is 0 Å². The van der Waals surface area contributed by atoms with Gasteiger partial charge in [-0.2, -0.15) is 5.10 Å². The van der Waals surface area contributed by atoms with Crippen molar-refractivity contribution in [2.24, 2.45) is 5.10 Å². The molecule has 1 aromatic rings. The number of amides is 1. The number of methoxy groups -OCH3 is 1. The molecule has 0 atom stereocenters. The number of carbonyl (C=O) groups is 1. The average molecular weight is 190 g/mol. The van der Waals surface area contributed by atoms with Gasteiger partial charge in [0, 0.05) is 18.2 Å². The van der Waals surface area contributed by atoms with Crippen molar-refractivity contribution in [2.45, 2.75) is 6.42 Å². The molecule has 0 aromatic heterocycles. The Morgan fingerprint density at radius 3 is 3.14 bits per heavy atom. The number of hydrazone groups is 1. The number of rotatable bonds is 1. The molecule has 4 heteroatoms. The van der Waals surface area contributed by atoms with Crippen LogP contribution in [0.25, 0.3) is 0 Å². The van der Waals surface area contributed by atoms with Crippen LogP contribution in [-0.4, -0.2) is 19.2 Å². The van der Waals surface area contributed by atoms with Gasteiger partial charge in [-0.1, -0.05) is 6.07 Å². The standard InChI is InChI=1S/C10H10N2O2/c1-14-8-3-2-7-4-5-11-12-10(13)9(7)6-8/h2-3,5-6H,4H2,1H3,(H,12,13). The summed E-state index contributed by atoms with van der Waals surface area (Å²) in [6, 6.07) is 5.44. The Morgan fingerprint density at radius 1 is 1.50 bits per heavy atom. The third kappa shape index (κ3) is 1.46. The highest BCUT2D eigenvalue weighted by Crippen LogP contribution is 2.18. The van der Waals surface area contributed by atoms with E-state index in [1.807, 2.05) is 12.1 Å². The van der Waals surface area contributed by atoms with Gasteiger partial charge in [-0.25, -0.2) is 5.43 Å². The van der Waals surface area contributed by atoms with Crippen molar-refractivity contribution >= 4 is 12.1 Å². The van der Waals surface area contributed by atoms with E-state index in [0.29, 0.717) is 17.7 Å². The lowest BCUT2D eigenvalue weighted by molar-refractivity contribution is 0.0955. The molecule has 0 bridgehead atoms. The fourth-order valence-electron chi connectivity index (χ4n) is 1.38. The van der Waals surface area contributed by atoms with Gasteiger partial charge in [0.15, 0.2) is 0 Å². The van der Waals surface area contributed by atoms with Crippen LogP contribution in [0.15, 0.2) is 23.3 Å². The topological polar surface area (TPSA) is 50.7 Å². The number of nitrogens with one attached hydrogen (secondary N) is 1. The predicted molar refractivity (Wildman–Crippen MR) is 52.7 cm³/mol. The predicted octanol–water partition coefficient (Wildman–Crippen LogP) is 0.967. The summed E-state index contributed by atoms with van der Waals surface area (Å²) in [6.45, 7) is 0. The number of fused-ring (bicyclic) bond motifs is 1. The highest BCUT2D eigenvalue weighted by Gasteiger charge is 2.13. The van der Waals surface area contributed by atoms with Crippen molar-refractivity contribution in [3.05, 3.63) is 29.3 Å². The van der Waals surface area contributed by atoms with Gasteiger partial charge in [-0.05, 0) is 17.7 Å². The first-order chi connectivity index (χ1) is 6.81. The molecule has 0 aliphatic carbocycles. The third-order valence-corrected chi connectivity index (χ3v) is 2.13. The monoisotopic (exact) mass is 190 g/mol. The van der Waals surface area contributed by atoms with Crippen LogP contribution < -0.4 is 10.2 Å². The van der Waals surface area contributed by atoms with Crippen LogP contribution in [0.4, 0.5) is 0 Å². The average Bonchev–Trinajstić information content (AvgIpc) is 2.40. The molecule has 0 unspecified atom stereocenters. The molecule has 1 aliphatic heterocycles. The number of benzene rings is 1. The lowest BCUT2D eigenvalue weighted by Crippen LogP contribution is -2.16. The van der Waals surface area contributed by atoms with Crippen molar-refractivity contribution in [1.82, 2.24) is 5.43 Å². The van der Waals surface area contributed by atoms with Gasteiger partial charge in [-0.3, -0.25) is 4.79 Å². The van der Waals surface area contributed by atoms with Crippen molar-refractivity contribution in [2.75, 3.05) is 7.11 Å². The van der Waals surface area contributed by atoms with Crippen LogP contribution in [0, 0.1) is 0 Å². The maximum absolute atomic E-state index is 11.5. The van der Waals surface area contributed by atoms with Crippen LogP contribution in [-0.2, 0) is 6.42 Å². The van der Waals surface area contributed by atoms with Gasteiger partial charge in [0.1, 0.15) is 5.75 Å². The highest BCUT2D eigenvalue weighted by atomic mass is 16.5. The zero-order chi connectivity index (χ0) is 9.97. The van der Waals surface area contributed by atoms with E-state index in [-0.39, 0.29) is 5.91 Å². The number of hydrogen-bond acceptors (Lipinski definition) is 3. The molecule has 1 aromatic carbocycles. The first kappa shape index (κ1) is 8.74. The molecule has 0 radical (unpaired) electrons. The Balaban J connectivity index is 2.48. The molecule has 0 fully saturated rings. The summed E-state index contributed by atoms with van der Waals surface area (Å²) >= 11 is 0. The fourth-order valence-corrected chi connectivity index (χ4v) is 1.38. The highest BCUT2D eigenvalue weighted by molar-refractivity contribution is 5.97. The third-order valence-electron chi connectivity index (χ3n) is 2.13. The number of ether oxygens (including phenoxy) is 1. The van der Waals surface area contributed by atoms with Gasteiger partial charge in [-0.15, -0.1) is 0 Å². The smallest absolute Gasteiger partial charge is 0.271 e. The van der Waals surface area contributed by atoms with E-state index in [0.717, 1.165) is 5.56 Å². The van der Waals surface area contributed by atoms with Crippen LogP contribution in [0.3, 0.4) is 0 Å². The zero-order valence-electron chi connectivity index (χ0n) is 7.78. The van der Waals surface area contributed by atoms with Crippen molar-refractivity contribution < 1.29 is 9.53 Å². The zero-order valence-corrected chi connectivity index (χ0v) is 7.78. The molecule has 14 heavy (non-hydrogen) atoms. The summed E-state index contributed by atoms with van der Waals surface area (Å²) in [5.74, 6) is 0.494. The Bertz CT molecular complexity index is 399. The summed E-state index contributed by atoms with van der Waals surface area (Å²) in [6.07, 6.45) is 2.34. The molecular weight excluding hydrogens is 180 g/mol. The first-order valence-corrected chi connectivity index (χ1v) is 4.30. The number of hydrogen-bond donors (Lipinski definition) is 1. The van der Waals surface area contributed by atoms with Crippen LogP contribution in [0.2, 0.25) is 0 Å². The van der Waals surface area contributed by atoms with E-state index in [4.69, 9.17) is 4.74 Å². The molecular formula is C10H10N2O2. The SMILES string of the molecule is COc1ccc2c(c1)C(=O)NN=CC2. The van der Waals surface area contributed by atoms with Gasteiger partial charge in [0.2, 0.25) is 0 Å². The number of carbonyl (C=O) groups excluding carboxylic acids is 1. The minimum Gasteiger partial charge on any atom is -0.497 e. The molecule has 1 amide bonds. The van der Waals surface area contributed by atoms with E-state index >= 15 is 0 Å². The summed E-state index contributed by atoms with van der Waals surface area (Å²) in [5.41, 5.74) is 4.02. The largest absolute Gasteiger partial charge is 0.497 e. The molecule has 0 saturated carbocycles. The second-order valence-corrected chi connectivity index (χ2v) is 2.98. The molecule has 1 aliphatic rings. The van der Waals surface area contributed by atoms with Crippen molar-refractivity contribution in [1.29, 1.82) is 0 Å². The van der Waals surface area contributed by atoms with E-state index in [2.05, 4.69) is 10.5 Å². The van der Waals surface area contributed by atoms with E-state index < -0.39 is 0 Å². The van der Waals surface area contributed by atoms with Crippen molar-refractivity contribution in [3.63, 3.8) is 0 Å². The minimum absolute atomic E-state index is 0.187. The van der Waals surface area contributed by atoms with Crippen LogP contribution >= 0.6 is 0 Å². The van der Waals surface area contributed by atoms with Gasteiger partial charge in [0.25, 0.3) is 5.91 Å². The molecule has 1 heterocycles. The molecule has 4 nitrogen and oxygen atoms in total.